The van der Waals surface area contributed by atoms with Crippen molar-refractivity contribution in [3.8, 4) is 6.07 Å². The van der Waals surface area contributed by atoms with E-state index in [9.17, 15) is 9.00 Å². The van der Waals surface area contributed by atoms with Gasteiger partial charge in [-0.3, -0.25) is 9.00 Å². The number of nitrogens with zero attached hydrogens (tertiary/aromatic N) is 1. The van der Waals surface area contributed by atoms with Crippen LogP contribution >= 0.6 is 0 Å². The molecular weight excluding hydrogens is 202 g/mol. The van der Waals surface area contributed by atoms with Crippen LogP contribution in [-0.2, 0) is 15.6 Å². The van der Waals surface area contributed by atoms with E-state index in [4.69, 9.17) is 5.26 Å². The normalized spacial score (nSPS) is 11.7. The Hall–Kier alpha value is -0.930. The number of carbonyl (C=O) groups is 1. The first-order valence-electron chi connectivity index (χ1n) is 4.31. The molecule has 14 heavy (non-hydrogen) atoms. The fourth-order valence-electron chi connectivity index (χ4n) is 0.803. The molecule has 0 saturated carbocycles. The van der Waals surface area contributed by atoms with Crippen molar-refractivity contribution in [2.45, 2.75) is 6.42 Å². The fourth-order valence-corrected chi connectivity index (χ4v) is 1.35. The summed E-state index contributed by atoms with van der Waals surface area (Å²) in [6, 6.07) is 1.82. The summed E-state index contributed by atoms with van der Waals surface area (Å²) in [5.74, 6) is 0.455. The summed E-state index contributed by atoms with van der Waals surface area (Å²) in [6.45, 7) is 0.914. The van der Waals surface area contributed by atoms with Gasteiger partial charge in [-0.2, -0.15) is 5.26 Å². The van der Waals surface area contributed by atoms with E-state index in [0.717, 1.165) is 6.42 Å². The molecule has 0 aliphatic rings. The van der Waals surface area contributed by atoms with Crippen LogP contribution in [0.4, 0.5) is 0 Å². The number of carbonyl (C=O) groups excluding carboxylic acids is 1. The number of hydrogen-bond donors (Lipinski definition) is 2. The Balaban J connectivity index is 3.24. The number of nitriles is 1. The average Bonchev–Trinajstić information content (AvgIpc) is 2.13. The third-order valence-electron chi connectivity index (χ3n) is 1.44. The van der Waals surface area contributed by atoms with Gasteiger partial charge in [0, 0.05) is 22.8 Å². The van der Waals surface area contributed by atoms with Gasteiger partial charge in [-0.25, -0.2) is 0 Å². The molecule has 0 aromatic heterocycles. The third-order valence-corrected chi connectivity index (χ3v) is 2.30. The maximum Gasteiger partial charge on any atom is 0.234 e. The second-order valence-corrected chi connectivity index (χ2v) is 4.30. The summed E-state index contributed by atoms with van der Waals surface area (Å²) in [6.07, 6.45) is 2.44. The lowest BCUT2D eigenvalue weighted by molar-refractivity contribution is -0.120. The topological polar surface area (TPSA) is 82.0 Å². The van der Waals surface area contributed by atoms with Crippen molar-refractivity contribution in [1.29, 1.82) is 5.26 Å². The highest BCUT2D eigenvalue weighted by atomic mass is 32.2. The first kappa shape index (κ1) is 13.1. The zero-order valence-corrected chi connectivity index (χ0v) is 9.02. The van der Waals surface area contributed by atoms with Gasteiger partial charge in [-0.05, 0) is 13.0 Å². The van der Waals surface area contributed by atoms with Crippen LogP contribution in [0.5, 0.6) is 0 Å². The van der Waals surface area contributed by atoms with E-state index in [1.54, 1.807) is 6.26 Å². The van der Waals surface area contributed by atoms with Gasteiger partial charge in [0.15, 0.2) is 0 Å². The third kappa shape index (κ3) is 9.16. The second kappa shape index (κ2) is 8.66. The monoisotopic (exact) mass is 217 g/mol. The van der Waals surface area contributed by atoms with Crippen molar-refractivity contribution in [2.24, 2.45) is 0 Å². The lowest BCUT2D eigenvalue weighted by Gasteiger charge is -2.03. The molecule has 0 bridgehead atoms. The van der Waals surface area contributed by atoms with Crippen LogP contribution in [0.2, 0.25) is 0 Å². The number of nitrogens with one attached hydrogen (secondary N) is 2. The summed E-state index contributed by atoms with van der Waals surface area (Å²) in [7, 11) is -0.768. The van der Waals surface area contributed by atoms with Crippen molar-refractivity contribution in [3.63, 3.8) is 0 Å². The maximum atomic E-state index is 10.9. The van der Waals surface area contributed by atoms with E-state index in [-0.39, 0.29) is 19.0 Å². The number of hydrogen-bond acceptors (Lipinski definition) is 4. The predicted molar refractivity (Wildman–Crippen MR) is 55.0 cm³/mol. The van der Waals surface area contributed by atoms with Crippen molar-refractivity contribution >= 4 is 16.7 Å². The molecule has 0 radical (unpaired) electrons. The molecule has 6 heteroatoms. The molecule has 5 nitrogen and oxygen atoms in total. The molecule has 1 amide bonds. The van der Waals surface area contributed by atoms with Crippen LogP contribution in [0, 0.1) is 11.3 Å². The predicted octanol–water partition coefficient (Wildman–Crippen LogP) is -1.02. The molecule has 0 spiro atoms. The van der Waals surface area contributed by atoms with Crippen LogP contribution in [0.3, 0.4) is 0 Å². The van der Waals surface area contributed by atoms with Crippen LogP contribution in [-0.4, -0.2) is 41.8 Å². The second-order valence-electron chi connectivity index (χ2n) is 2.74. The van der Waals surface area contributed by atoms with E-state index in [1.165, 1.54) is 0 Å². The van der Waals surface area contributed by atoms with Gasteiger partial charge in [0.1, 0.15) is 6.54 Å². The molecule has 1 unspecified atom stereocenters. The van der Waals surface area contributed by atoms with Gasteiger partial charge >= 0.3 is 0 Å². The SMILES string of the molecule is CS(=O)CCCNCC(=O)NCC#N. The lowest BCUT2D eigenvalue weighted by Crippen LogP contribution is -2.34. The quantitative estimate of drug-likeness (QED) is 0.422. The molecule has 0 rings (SSSR count). The molecule has 0 saturated heterocycles. The Kier molecular flexibility index (Phi) is 8.08. The average molecular weight is 217 g/mol. The van der Waals surface area contributed by atoms with Crippen LogP contribution in [0.25, 0.3) is 0 Å². The van der Waals surface area contributed by atoms with Gasteiger partial charge in [0.05, 0.1) is 12.6 Å². The summed E-state index contributed by atoms with van der Waals surface area (Å²) in [4.78, 5) is 10.9. The molecule has 2 N–H and O–H groups in total. The first-order chi connectivity index (χ1) is 6.66. The lowest BCUT2D eigenvalue weighted by atomic mass is 10.4. The summed E-state index contributed by atoms with van der Waals surface area (Å²) >= 11 is 0. The largest absolute Gasteiger partial charge is 0.342 e. The first-order valence-corrected chi connectivity index (χ1v) is 6.04. The van der Waals surface area contributed by atoms with E-state index < -0.39 is 10.8 Å². The van der Waals surface area contributed by atoms with Crippen LogP contribution in [0.15, 0.2) is 0 Å². The van der Waals surface area contributed by atoms with Crippen molar-refractivity contribution < 1.29 is 9.00 Å². The molecule has 0 aromatic carbocycles. The van der Waals surface area contributed by atoms with Gasteiger partial charge in [0.25, 0.3) is 0 Å². The van der Waals surface area contributed by atoms with Crippen LogP contribution < -0.4 is 10.6 Å². The number of amides is 1. The Morgan fingerprint density at radius 3 is 2.86 bits per heavy atom. The molecular formula is C8H15N3O2S. The molecule has 0 aromatic rings. The smallest absolute Gasteiger partial charge is 0.234 e. The zero-order valence-electron chi connectivity index (χ0n) is 8.21. The molecule has 0 aliphatic carbocycles. The Morgan fingerprint density at radius 2 is 2.29 bits per heavy atom. The Labute approximate surface area is 86.3 Å². The molecule has 80 valence electrons. The van der Waals surface area contributed by atoms with Gasteiger partial charge in [-0.15, -0.1) is 0 Å². The van der Waals surface area contributed by atoms with Gasteiger partial charge < -0.3 is 10.6 Å². The molecule has 0 fully saturated rings. The Bertz CT molecular complexity index is 237. The highest BCUT2D eigenvalue weighted by Gasteiger charge is 1.98. The highest BCUT2D eigenvalue weighted by molar-refractivity contribution is 7.84. The number of rotatable bonds is 7. The fraction of sp³-hybridized carbons (Fsp3) is 0.750. The molecule has 0 heterocycles. The minimum absolute atomic E-state index is 0.0412. The van der Waals surface area contributed by atoms with Gasteiger partial charge in [0.2, 0.25) is 5.91 Å². The highest BCUT2D eigenvalue weighted by Crippen LogP contribution is 1.80. The van der Waals surface area contributed by atoms with Crippen molar-refractivity contribution in [1.82, 2.24) is 10.6 Å². The minimum atomic E-state index is -0.768. The zero-order chi connectivity index (χ0) is 10.8. The van der Waals surface area contributed by atoms with Crippen molar-refractivity contribution in [3.05, 3.63) is 0 Å². The van der Waals surface area contributed by atoms with Crippen molar-refractivity contribution in [2.75, 3.05) is 31.6 Å². The van der Waals surface area contributed by atoms with Crippen LogP contribution in [0.1, 0.15) is 6.42 Å². The van der Waals surface area contributed by atoms with E-state index >= 15 is 0 Å². The summed E-state index contributed by atoms with van der Waals surface area (Å²) in [5.41, 5.74) is 0. The maximum absolute atomic E-state index is 10.9. The van der Waals surface area contributed by atoms with Gasteiger partial charge in [-0.1, -0.05) is 0 Å². The van der Waals surface area contributed by atoms with E-state index in [2.05, 4.69) is 10.6 Å². The summed E-state index contributed by atoms with van der Waals surface area (Å²) < 4.78 is 10.7. The summed E-state index contributed by atoms with van der Waals surface area (Å²) in [5, 5.41) is 13.5. The molecule has 1 atom stereocenters. The van der Waals surface area contributed by atoms with E-state index in [0.29, 0.717) is 12.3 Å². The molecule has 0 aliphatic heterocycles. The minimum Gasteiger partial charge on any atom is -0.342 e. The standard InChI is InChI=1S/C8H15N3O2S/c1-14(13)6-2-4-10-7-8(12)11-5-3-9/h10H,2,4-7H2,1H3,(H,11,12). The Morgan fingerprint density at radius 1 is 1.57 bits per heavy atom. The van der Waals surface area contributed by atoms with E-state index in [1.807, 2.05) is 6.07 Å².